The van der Waals surface area contributed by atoms with Gasteiger partial charge in [-0.25, -0.2) is 0 Å². The first-order valence-corrected chi connectivity index (χ1v) is 26.6. The summed E-state index contributed by atoms with van der Waals surface area (Å²) in [5, 5.41) is 17.3. The third kappa shape index (κ3) is 8.12. The normalized spacial score (nSPS) is 12.8. The van der Waals surface area contributed by atoms with Crippen molar-refractivity contribution in [2.75, 3.05) is 0 Å². The molecule has 0 aliphatic heterocycles. The number of hydrogen-bond donors (Lipinski definition) is 0. The Morgan fingerprint density at radius 3 is 0.813 bits per heavy atom. The van der Waals surface area contributed by atoms with Crippen molar-refractivity contribution in [1.29, 1.82) is 5.26 Å². The number of hydrogen-bond acceptors (Lipinski definition) is 1. The fourth-order valence-electron chi connectivity index (χ4n) is 11.4. The zero-order valence-corrected chi connectivity index (χ0v) is 45.6. The number of nitrogens with zero attached hydrogens (tertiary/aromatic N) is 4. The van der Waals surface area contributed by atoms with Crippen LogP contribution in [0.25, 0.3) is 105 Å². The first-order valence-electron chi connectivity index (χ1n) is 26.6. The van der Waals surface area contributed by atoms with E-state index in [9.17, 15) is 5.26 Å². The van der Waals surface area contributed by atoms with Gasteiger partial charge in [0.15, 0.2) is 0 Å². The van der Waals surface area contributed by atoms with Crippen LogP contribution in [-0.2, 0) is 21.7 Å². The molecule has 0 spiro atoms. The Hall–Kier alpha value is -8.13. The maximum Gasteiger partial charge on any atom is 0.0991 e. The van der Waals surface area contributed by atoms with Crippen LogP contribution in [0.15, 0.2) is 182 Å². The summed E-state index contributed by atoms with van der Waals surface area (Å²) in [6.07, 6.45) is 0. The molecule has 3 heterocycles. The molecule has 0 aliphatic rings. The molecule has 0 fully saturated rings. The Morgan fingerprint density at radius 1 is 0.267 bits per heavy atom. The SMILES string of the molecule is CC(C)(C)c1ccc2c(c1)c1cc(C(C)(C)C)ccc1n2-c1ccc(-c2ccc3c4ccc(-c5ccc(-n6c7ccc(C(C)(C)C)cc7c7cc(C(C)(C)C)ccc76)cc5)cc4n(-c4ccc(C#N)cc4)c3c2)cc1. The predicted octanol–water partition coefficient (Wildman–Crippen LogP) is 19.4. The molecule has 3 aromatic heterocycles. The average Bonchev–Trinajstić information content (AvgIpc) is 4.02. The number of aromatic nitrogens is 3. The lowest BCUT2D eigenvalue weighted by atomic mass is 9.85. The van der Waals surface area contributed by atoms with E-state index in [1.165, 1.54) is 76.6 Å². The summed E-state index contributed by atoms with van der Waals surface area (Å²) in [6, 6.07) is 70.3. The van der Waals surface area contributed by atoms with E-state index in [1.54, 1.807) is 0 Å². The van der Waals surface area contributed by atoms with Crippen molar-refractivity contribution < 1.29 is 0 Å². The Bertz CT molecular complexity index is 3890. The number of nitriles is 1. The fraction of sp³-hybridized carbons (Fsp3) is 0.225. The van der Waals surface area contributed by atoms with E-state index in [2.05, 4.69) is 273 Å². The topological polar surface area (TPSA) is 38.6 Å². The van der Waals surface area contributed by atoms with Gasteiger partial charge in [-0.15, -0.1) is 0 Å². The van der Waals surface area contributed by atoms with Crippen LogP contribution < -0.4 is 0 Å². The van der Waals surface area contributed by atoms with Crippen LogP contribution in [0.2, 0.25) is 0 Å². The maximum atomic E-state index is 9.80. The van der Waals surface area contributed by atoms with Crippen molar-refractivity contribution in [2.45, 2.75) is 105 Å². The molecule has 0 N–H and O–H groups in total. The minimum Gasteiger partial charge on any atom is -0.309 e. The van der Waals surface area contributed by atoms with Gasteiger partial charge in [0.05, 0.1) is 44.7 Å². The lowest BCUT2D eigenvalue weighted by Crippen LogP contribution is -2.10. The van der Waals surface area contributed by atoms with Crippen molar-refractivity contribution >= 4 is 65.4 Å². The quantitative estimate of drug-likeness (QED) is 0.169. The van der Waals surface area contributed by atoms with Crippen molar-refractivity contribution in [2.24, 2.45) is 0 Å². The van der Waals surface area contributed by atoms with Gasteiger partial charge < -0.3 is 13.7 Å². The molecule has 0 saturated carbocycles. The van der Waals surface area contributed by atoms with Gasteiger partial charge >= 0.3 is 0 Å². The van der Waals surface area contributed by atoms with E-state index in [-0.39, 0.29) is 21.7 Å². The van der Waals surface area contributed by atoms with Gasteiger partial charge in [-0.1, -0.05) is 156 Å². The van der Waals surface area contributed by atoms with E-state index in [1.807, 2.05) is 12.1 Å². The monoisotopic (exact) mass is 975 g/mol. The zero-order valence-electron chi connectivity index (χ0n) is 45.6. The summed E-state index contributed by atoms with van der Waals surface area (Å²) in [4.78, 5) is 0. The summed E-state index contributed by atoms with van der Waals surface area (Å²) in [6.45, 7) is 27.5. The predicted molar refractivity (Wildman–Crippen MR) is 320 cm³/mol. The standard InChI is InChI=1S/C71H66N4/c1-68(2,3)49-21-33-62-58(39-49)59-40-50(69(4,5)6)22-34-63(59)73(62)54-27-15-45(16-28-54)47-19-31-56-57-32-20-48(38-67(57)75(66(56)37-47)53-25-13-44(43-72)14-26-53)46-17-29-55(30-18-46)74-64-35-23-51(70(7,8)9)41-60(64)61-42-52(71(10,11)12)24-36-65(61)74/h13-42H,1-12H3. The molecule has 0 unspecified atom stereocenters. The van der Waals surface area contributed by atoms with Gasteiger partial charge in [-0.2, -0.15) is 5.26 Å². The van der Waals surface area contributed by atoms with Gasteiger partial charge in [0, 0.05) is 49.4 Å². The van der Waals surface area contributed by atoms with Gasteiger partial charge in [-0.05, 0) is 175 Å². The molecule has 0 aliphatic carbocycles. The van der Waals surface area contributed by atoms with Crippen LogP contribution in [0, 0.1) is 11.3 Å². The molecule has 75 heavy (non-hydrogen) atoms. The van der Waals surface area contributed by atoms with Crippen LogP contribution in [-0.4, -0.2) is 13.7 Å². The highest BCUT2D eigenvalue weighted by atomic mass is 15.0. The molecule has 12 aromatic rings. The fourth-order valence-corrected chi connectivity index (χ4v) is 11.4. The summed E-state index contributed by atoms with van der Waals surface area (Å²) in [7, 11) is 0. The third-order valence-electron chi connectivity index (χ3n) is 15.9. The molecule has 0 bridgehead atoms. The average molecular weight is 975 g/mol. The number of rotatable bonds is 5. The Balaban J connectivity index is 0.948. The third-order valence-corrected chi connectivity index (χ3v) is 15.9. The van der Waals surface area contributed by atoms with Crippen LogP contribution in [0.1, 0.15) is 111 Å². The summed E-state index contributed by atoms with van der Waals surface area (Å²) < 4.78 is 7.23. The first-order chi connectivity index (χ1) is 35.6. The molecule has 0 atom stereocenters. The molecule has 4 nitrogen and oxygen atoms in total. The lowest BCUT2D eigenvalue weighted by Gasteiger charge is -2.19. The Kier molecular flexibility index (Phi) is 10.8. The van der Waals surface area contributed by atoms with E-state index in [0.29, 0.717) is 5.56 Å². The highest BCUT2D eigenvalue weighted by Crippen LogP contribution is 2.42. The maximum absolute atomic E-state index is 9.80. The molecular formula is C71H66N4. The molecule has 4 heteroatoms. The molecule has 370 valence electrons. The second kappa shape index (κ2) is 17.0. The largest absolute Gasteiger partial charge is 0.309 e. The van der Waals surface area contributed by atoms with Crippen LogP contribution >= 0.6 is 0 Å². The zero-order chi connectivity index (χ0) is 52.5. The highest BCUT2D eigenvalue weighted by Gasteiger charge is 2.24. The van der Waals surface area contributed by atoms with Gasteiger partial charge in [0.25, 0.3) is 0 Å². The van der Waals surface area contributed by atoms with E-state index in [0.717, 1.165) is 50.3 Å². The van der Waals surface area contributed by atoms with Gasteiger partial charge in [0.1, 0.15) is 0 Å². The second-order valence-electron chi connectivity index (χ2n) is 25.2. The van der Waals surface area contributed by atoms with Gasteiger partial charge in [-0.3, -0.25) is 0 Å². The number of fused-ring (bicyclic) bond motifs is 9. The lowest BCUT2D eigenvalue weighted by molar-refractivity contribution is 0.590. The minimum absolute atomic E-state index is 0.0403. The first kappa shape index (κ1) is 47.8. The molecule has 0 saturated heterocycles. The molecule has 9 aromatic carbocycles. The summed E-state index contributed by atoms with van der Waals surface area (Å²) in [5.74, 6) is 0. The Labute approximate surface area is 442 Å². The molecule has 0 amide bonds. The van der Waals surface area contributed by atoms with E-state index < -0.39 is 0 Å². The van der Waals surface area contributed by atoms with Crippen molar-refractivity contribution in [3.8, 4) is 45.4 Å². The van der Waals surface area contributed by atoms with Crippen molar-refractivity contribution in [3.05, 3.63) is 210 Å². The van der Waals surface area contributed by atoms with Crippen LogP contribution in [0.5, 0.6) is 0 Å². The summed E-state index contributed by atoms with van der Waals surface area (Å²) >= 11 is 0. The number of benzene rings is 9. The second-order valence-corrected chi connectivity index (χ2v) is 25.2. The molecule has 0 radical (unpaired) electrons. The highest BCUT2D eigenvalue weighted by molar-refractivity contribution is 6.13. The molecular weight excluding hydrogens is 909 g/mol. The van der Waals surface area contributed by atoms with Crippen molar-refractivity contribution in [1.82, 2.24) is 13.7 Å². The van der Waals surface area contributed by atoms with Gasteiger partial charge in [0.2, 0.25) is 0 Å². The summed E-state index contributed by atoms with van der Waals surface area (Å²) in [5.41, 5.74) is 21.1. The van der Waals surface area contributed by atoms with Crippen molar-refractivity contribution in [3.63, 3.8) is 0 Å². The van der Waals surface area contributed by atoms with Crippen LogP contribution in [0.4, 0.5) is 0 Å². The van der Waals surface area contributed by atoms with E-state index in [4.69, 9.17) is 0 Å². The smallest absolute Gasteiger partial charge is 0.0991 e. The minimum atomic E-state index is 0.0403. The van der Waals surface area contributed by atoms with Crippen LogP contribution in [0.3, 0.4) is 0 Å². The Morgan fingerprint density at radius 2 is 0.533 bits per heavy atom. The molecule has 12 rings (SSSR count). The van der Waals surface area contributed by atoms with E-state index >= 15 is 0 Å².